The fourth-order valence-corrected chi connectivity index (χ4v) is 5.81. The van der Waals surface area contributed by atoms with E-state index in [2.05, 4.69) is 25.7 Å². The van der Waals surface area contributed by atoms with E-state index in [0.29, 0.717) is 31.1 Å². The lowest BCUT2D eigenvalue weighted by atomic mass is 9.87. The molecule has 0 spiro atoms. The molecule has 2 aliphatic heterocycles. The molecule has 0 bridgehead atoms. The number of aryl methyl sites for hydroxylation is 1. The van der Waals surface area contributed by atoms with E-state index in [1.165, 1.54) is 0 Å². The van der Waals surface area contributed by atoms with Gasteiger partial charge in [-0.1, -0.05) is 32.9 Å². The molecular formula is C22H35N3O3S. The summed E-state index contributed by atoms with van der Waals surface area (Å²) < 4.78 is 28.4. The van der Waals surface area contributed by atoms with Gasteiger partial charge in [0.05, 0.1) is 11.4 Å². The Labute approximate surface area is 175 Å². The summed E-state index contributed by atoms with van der Waals surface area (Å²) in [6.07, 6.45) is 2.92. The average Bonchev–Trinajstić information content (AvgIpc) is 3.08. The molecule has 2 fully saturated rings. The number of sulfonamides is 1. The van der Waals surface area contributed by atoms with E-state index in [0.717, 1.165) is 50.0 Å². The topological polar surface area (TPSA) is 60.9 Å². The van der Waals surface area contributed by atoms with Crippen LogP contribution in [0.4, 0.5) is 0 Å². The number of amides is 1. The van der Waals surface area contributed by atoms with Gasteiger partial charge in [0.25, 0.3) is 0 Å². The molecule has 7 heteroatoms. The highest BCUT2D eigenvalue weighted by Crippen LogP contribution is 2.28. The minimum atomic E-state index is -3.56. The summed E-state index contributed by atoms with van der Waals surface area (Å²) >= 11 is 0. The molecule has 1 amide bonds. The molecule has 0 saturated carbocycles. The van der Waals surface area contributed by atoms with Crippen molar-refractivity contribution >= 4 is 15.9 Å². The van der Waals surface area contributed by atoms with Gasteiger partial charge in [-0.2, -0.15) is 4.31 Å². The van der Waals surface area contributed by atoms with Crippen LogP contribution < -0.4 is 0 Å². The van der Waals surface area contributed by atoms with Crippen LogP contribution >= 0.6 is 0 Å². The Balaban J connectivity index is 1.71. The summed E-state index contributed by atoms with van der Waals surface area (Å²) in [4.78, 5) is 16.9. The normalized spacial score (nSPS) is 20.1. The maximum Gasteiger partial charge on any atom is 0.243 e. The smallest absolute Gasteiger partial charge is 0.243 e. The fraction of sp³-hybridized carbons (Fsp3) is 0.682. The SMILES string of the molecule is Cc1ccc(C(C)(C)C)cc1S(=O)(=O)N1CCCN(CC(=O)N2CCCC2)CC1. The molecule has 29 heavy (non-hydrogen) atoms. The second-order valence-corrected chi connectivity index (χ2v) is 11.3. The maximum absolute atomic E-state index is 13.4. The van der Waals surface area contributed by atoms with Gasteiger partial charge in [-0.05, 0) is 55.3 Å². The quantitative estimate of drug-likeness (QED) is 0.750. The van der Waals surface area contributed by atoms with E-state index in [-0.39, 0.29) is 11.3 Å². The number of carbonyl (C=O) groups excluding carboxylic acids is 1. The van der Waals surface area contributed by atoms with Gasteiger partial charge in [0.1, 0.15) is 0 Å². The van der Waals surface area contributed by atoms with E-state index in [1.807, 2.05) is 30.0 Å². The maximum atomic E-state index is 13.4. The minimum absolute atomic E-state index is 0.108. The first-order chi connectivity index (χ1) is 13.6. The van der Waals surface area contributed by atoms with Crippen LogP contribution in [0.3, 0.4) is 0 Å². The van der Waals surface area contributed by atoms with E-state index < -0.39 is 10.0 Å². The number of likely N-dealkylation sites (tertiary alicyclic amines) is 1. The van der Waals surface area contributed by atoms with Gasteiger partial charge in [0.2, 0.25) is 15.9 Å². The van der Waals surface area contributed by atoms with Crippen LogP contribution in [0.2, 0.25) is 0 Å². The van der Waals surface area contributed by atoms with Crippen LogP contribution in [-0.4, -0.2) is 74.2 Å². The molecule has 0 aromatic heterocycles. The molecule has 0 atom stereocenters. The summed E-state index contributed by atoms with van der Waals surface area (Å²) in [6, 6.07) is 5.76. The number of nitrogens with zero attached hydrogens (tertiary/aromatic N) is 3. The van der Waals surface area contributed by atoms with Gasteiger partial charge < -0.3 is 4.90 Å². The zero-order valence-electron chi connectivity index (χ0n) is 18.3. The van der Waals surface area contributed by atoms with Crippen molar-refractivity contribution in [3.05, 3.63) is 29.3 Å². The van der Waals surface area contributed by atoms with Crippen molar-refractivity contribution in [2.24, 2.45) is 0 Å². The molecule has 6 nitrogen and oxygen atoms in total. The Morgan fingerprint density at radius 2 is 1.66 bits per heavy atom. The van der Waals surface area contributed by atoms with Crippen LogP contribution in [0.25, 0.3) is 0 Å². The zero-order chi connectivity index (χ0) is 21.2. The first-order valence-corrected chi connectivity index (χ1v) is 12.1. The Morgan fingerprint density at radius 3 is 2.31 bits per heavy atom. The number of benzene rings is 1. The van der Waals surface area contributed by atoms with Crippen LogP contribution in [0, 0.1) is 6.92 Å². The molecule has 2 aliphatic rings. The summed E-state index contributed by atoms with van der Waals surface area (Å²) in [5, 5.41) is 0. The highest BCUT2D eigenvalue weighted by molar-refractivity contribution is 7.89. The van der Waals surface area contributed by atoms with Gasteiger partial charge in [-0.3, -0.25) is 9.69 Å². The third-order valence-corrected chi connectivity index (χ3v) is 8.08. The van der Waals surface area contributed by atoms with E-state index >= 15 is 0 Å². The summed E-state index contributed by atoms with van der Waals surface area (Å²) in [5.74, 6) is 0.174. The van der Waals surface area contributed by atoms with Gasteiger partial charge in [-0.15, -0.1) is 0 Å². The third kappa shape index (κ3) is 5.19. The second-order valence-electron chi connectivity index (χ2n) is 9.35. The molecule has 0 N–H and O–H groups in total. The number of carbonyl (C=O) groups is 1. The lowest BCUT2D eigenvalue weighted by molar-refractivity contribution is -0.131. The van der Waals surface area contributed by atoms with Gasteiger partial charge >= 0.3 is 0 Å². The van der Waals surface area contributed by atoms with Crippen molar-refractivity contribution in [2.45, 2.75) is 57.3 Å². The van der Waals surface area contributed by atoms with Crippen LogP contribution in [0.1, 0.15) is 51.2 Å². The van der Waals surface area contributed by atoms with Crippen molar-refractivity contribution in [2.75, 3.05) is 45.8 Å². The predicted octanol–water partition coefficient (Wildman–Crippen LogP) is 2.61. The molecular weight excluding hydrogens is 386 g/mol. The molecule has 1 aromatic carbocycles. The minimum Gasteiger partial charge on any atom is -0.342 e. The highest BCUT2D eigenvalue weighted by atomic mass is 32.2. The third-order valence-electron chi connectivity index (χ3n) is 6.04. The molecule has 1 aromatic rings. The molecule has 0 radical (unpaired) electrons. The lowest BCUT2D eigenvalue weighted by Gasteiger charge is -2.25. The van der Waals surface area contributed by atoms with Crippen molar-refractivity contribution in [1.82, 2.24) is 14.1 Å². The molecule has 2 heterocycles. The van der Waals surface area contributed by atoms with E-state index in [4.69, 9.17) is 0 Å². The standard InChI is InChI=1S/C22H35N3O3S/c1-18-8-9-19(22(2,3)4)16-20(18)29(27,28)25-13-7-10-23(14-15-25)17-21(26)24-11-5-6-12-24/h8-9,16H,5-7,10-15,17H2,1-4H3. The number of hydrogen-bond acceptors (Lipinski definition) is 4. The molecule has 0 aliphatic carbocycles. The van der Waals surface area contributed by atoms with Crippen LogP contribution in [0.15, 0.2) is 23.1 Å². The van der Waals surface area contributed by atoms with Gasteiger partial charge in [-0.25, -0.2) is 8.42 Å². The van der Waals surface area contributed by atoms with Crippen molar-refractivity contribution in [3.8, 4) is 0 Å². The van der Waals surface area contributed by atoms with Crippen molar-refractivity contribution in [1.29, 1.82) is 0 Å². The van der Waals surface area contributed by atoms with E-state index in [9.17, 15) is 13.2 Å². The molecule has 3 rings (SSSR count). The highest BCUT2D eigenvalue weighted by Gasteiger charge is 2.30. The Hall–Kier alpha value is -1.44. The molecule has 162 valence electrons. The summed E-state index contributed by atoms with van der Waals surface area (Å²) in [6.45, 7) is 12.5. The predicted molar refractivity (Wildman–Crippen MR) is 116 cm³/mol. The fourth-order valence-electron chi connectivity index (χ4n) is 4.09. The monoisotopic (exact) mass is 421 g/mol. The summed E-state index contributed by atoms with van der Waals surface area (Å²) in [7, 11) is -3.56. The first-order valence-electron chi connectivity index (χ1n) is 10.7. The van der Waals surface area contributed by atoms with Crippen LogP contribution in [0.5, 0.6) is 0 Å². The lowest BCUT2D eigenvalue weighted by Crippen LogP contribution is -2.41. The average molecular weight is 422 g/mol. The first kappa shape index (κ1) is 22.2. The second kappa shape index (κ2) is 8.74. The summed E-state index contributed by atoms with van der Waals surface area (Å²) in [5.41, 5.74) is 1.70. The van der Waals surface area contributed by atoms with Crippen LogP contribution in [-0.2, 0) is 20.2 Å². The van der Waals surface area contributed by atoms with Crippen molar-refractivity contribution < 1.29 is 13.2 Å². The molecule has 2 saturated heterocycles. The number of hydrogen-bond donors (Lipinski definition) is 0. The zero-order valence-corrected chi connectivity index (χ0v) is 19.1. The van der Waals surface area contributed by atoms with E-state index in [1.54, 1.807) is 4.31 Å². The Bertz CT molecular complexity index is 839. The largest absolute Gasteiger partial charge is 0.342 e. The number of rotatable bonds is 4. The van der Waals surface area contributed by atoms with Gasteiger partial charge in [0.15, 0.2) is 0 Å². The molecule has 0 unspecified atom stereocenters. The van der Waals surface area contributed by atoms with Gasteiger partial charge in [0, 0.05) is 32.7 Å². The Kier molecular flexibility index (Phi) is 6.70. The van der Waals surface area contributed by atoms with Crippen molar-refractivity contribution in [3.63, 3.8) is 0 Å². The Morgan fingerprint density at radius 1 is 0.966 bits per heavy atom.